The van der Waals surface area contributed by atoms with E-state index >= 15 is 0 Å². The van der Waals surface area contributed by atoms with Crippen LogP contribution in [0.25, 0.3) is 11.6 Å². The first-order valence-electron chi connectivity index (χ1n) is 9.60. The van der Waals surface area contributed by atoms with Crippen molar-refractivity contribution in [1.82, 2.24) is 19.1 Å². The zero-order valence-electron chi connectivity index (χ0n) is 17.2. The molecule has 2 heterocycles. The summed E-state index contributed by atoms with van der Waals surface area (Å²) in [5.41, 5.74) is 2.01. The molecule has 0 atom stereocenters. The highest BCUT2D eigenvalue weighted by Crippen LogP contribution is 2.28. The van der Waals surface area contributed by atoms with Gasteiger partial charge in [-0.25, -0.2) is 12.7 Å². The van der Waals surface area contributed by atoms with Gasteiger partial charge in [-0.3, -0.25) is 4.57 Å². The van der Waals surface area contributed by atoms with Crippen molar-refractivity contribution in [2.75, 3.05) is 14.1 Å². The molecule has 7 nitrogen and oxygen atoms in total. The fourth-order valence-corrected chi connectivity index (χ4v) is 4.90. The Balaban J connectivity index is 1.61. The van der Waals surface area contributed by atoms with Crippen molar-refractivity contribution >= 4 is 21.8 Å². The fourth-order valence-electron chi connectivity index (χ4n) is 3.05. The van der Waals surface area contributed by atoms with Gasteiger partial charge in [0, 0.05) is 19.8 Å². The maximum atomic E-state index is 12.4. The molecule has 0 bridgehead atoms. The molecule has 0 aliphatic heterocycles. The van der Waals surface area contributed by atoms with Crippen LogP contribution in [-0.2, 0) is 22.3 Å². The SMILES string of the molecule is CN(C)S(=O)(=O)c1cccc(CSc2nnc(-c3ccco3)n2Cc2ccccc2)c1. The minimum Gasteiger partial charge on any atom is -0.461 e. The molecule has 160 valence electrons. The Hall–Kier alpha value is -2.88. The largest absolute Gasteiger partial charge is 0.461 e. The average molecular weight is 455 g/mol. The van der Waals surface area contributed by atoms with Crippen LogP contribution in [0.1, 0.15) is 11.1 Å². The molecule has 0 N–H and O–H groups in total. The van der Waals surface area contributed by atoms with Crippen molar-refractivity contribution < 1.29 is 12.8 Å². The van der Waals surface area contributed by atoms with Gasteiger partial charge in [-0.05, 0) is 35.4 Å². The van der Waals surface area contributed by atoms with Crippen LogP contribution >= 0.6 is 11.8 Å². The molecule has 0 saturated heterocycles. The quantitative estimate of drug-likeness (QED) is 0.373. The van der Waals surface area contributed by atoms with E-state index in [0.29, 0.717) is 23.9 Å². The second-order valence-electron chi connectivity index (χ2n) is 7.08. The fraction of sp³-hybridized carbons (Fsp3) is 0.182. The first-order chi connectivity index (χ1) is 14.9. The third-order valence-electron chi connectivity index (χ3n) is 4.69. The summed E-state index contributed by atoms with van der Waals surface area (Å²) in [5, 5.41) is 9.45. The highest BCUT2D eigenvalue weighted by atomic mass is 32.2. The third kappa shape index (κ3) is 4.73. The smallest absolute Gasteiger partial charge is 0.242 e. The zero-order valence-corrected chi connectivity index (χ0v) is 18.8. The van der Waals surface area contributed by atoms with Crippen molar-refractivity contribution in [1.29, 1.82) is 0 Å². The second kappa shape index (κ2) is 9.09. The van der Waals surface area contributed by atoms with Crippen molar-refractivity contribution in [3.8, 4) is 11.6 Å². The Labute approximate surface area is 185 Å². The summed E-state index contributed by atoms with van der Waals surface area (Å²) in [5.74, 6) is 1.86. The molecule has 0 aliphatic rings. The lowest BCUT2D eigenvalue weighted by Gasteiger charge is -2.12. The lowest BCUT2D eigenvalue weighted by Crippen LogP contribution is -2.22. The van der Waals surface area contributed by atoms with E-state index < -0.39 is 10.0 Å². The molecule has 2 aromatic heterocycles. The molecule has 4 rings (SSSR count). The summed E-state index contributed by atoms with van der Waals surface area (Å²) in [6.45, 7) is 0.598. The van der Waals surface area contributed by atoms with Crippen molar-refractivity contribution in [2.24, 2.45) is 0 Å². The average Bonchev–Trinajstić information content (AvgIpc) is 3.43. The third-order valence-corrected chi connectivity index (χ3v) is 7.54. The highest BCUT2D eigenvalue weighted by molar-refractivity contribution is 7.98. The van der Waals surface area contributed by atoms with Crippen molar-refractivity contribution in [3.05, 3.63) is 84.1 Å². The minimum absolute atomic E-state index is 0.276. The van der Waals surface area contributed by atoms with Crippen LogP contribution < -0.4 is 0 Å². The van der Waals surface area contributed by atoms with Crippen molar-refractivity contribution in [3.63, 3.8) is 0 Å². The van der Waals surface area contributed by atoms with Gasteiger partial charge in [-0.1, -0.05) is 54.2 Å². The van der Waals surface area contributed by atoms with E-state index in [2.05, 4.69) is 22.3 Å². The van der Waals surface area contributed by atoms with Crippen LogP contribution in [0.2, 0.25) is 0 Å². The van der Waals surface area contributed by atoms with Crippen molar-refractivity contribution in [2.45, 2.75) is 22.3 Å². The van der Waals surface area contributed by atoms with E-state index in [4.69, 9.17) is 4.42 Å². The Morgan fingerprint density at radius 3 is 2.45 bits per heavy atom. The predicted molar refractivity (Wildman–Crippen MR) is 120 cm³/mol. The molecule has 0 fully saturated rings. The van der Waals surface area contributed by atoms with Gasteiger partial charge in [0.05, 0.1) is 17.7 Å². The Bertz CT molecular complexity index is 1250. The molecule has 0 saturated carbocycles. The summed E-state index contributed by atoms with van der Waals surface area (Å²) in [6.07, 6.45) is 1.61. The van der Waals surface area contributed by atoms with Gasteiger partial charge < -0.3 is 4.42 Å². The predicted octanol–water partition coefficient (Wildman–Crippen LogP) is 4.13. The number of nitrogens with zero attached hydrogens (tertiary/aromatic N) is 4. The molecular formula is C22H22N4O3S2. The van der Waals surface area contributed by atoms with Crippen LogP contribution in [0, 0.1) is 0 Å². The number of aromatic nitrogens is 3. The van der Waals surface area contributed by atoms with Crippen LogP contribution in [0.4, 0.5) is 0 Å². The van der Waals surface area contributed by atoms with E-state index in [0.717, 1.165) is 16.3 Å². The van der Waals surface area contributed by atoms with Gasteiger partial charge in [-0.15, -0.1) is 10.2 Å². The van der Waals surface area contributed by atoms with Crippen LogP contribution in [0.5, 0.6) is 0 Å². The summed E-state index contributed by atoms with van der Waals surface area (Å²) in [6, 6.07) is 20.7. The molecule has 4 aromatic rings. The lowest BCUT2D eigenvalue weighted by molar-refractivity contribution is 0.520. The minimum atomic E-state index is -3.48. The first kappa shape index (κ1) is 21.4. The number of sulfonamides is 1. The molecule has 0 aliphatic carbocycles. The summed E-state index contributed by atoms with van der Waals surface area (Å²) in [7, 11) is -0.425. The number of hydrogen-bond donors (Lipinski definition) is 0. The molecule has 0 radical (unpaired) electrons. The number of furan rings is 1. The molecule has 0 spiro atoms. The van der Waals surface area contributed by atoms with E-state index in [-0.39, 0.29) is 4.90 Å². The number of thioether (sulfide) groups is 1. The Morgan fingerprint density at radius 1 is 0.968 bits per heavy atom. The lowest BCUT2D eigenvalue weighted by atomic mass is 10.2. The number of hydrogen-bond acceptors (Lipinski definition) is 6. The highest BCUT2D eigenvalue weighted by Gasteiger charge is 2.19. The standard InChI is InChI=1S/C22H22N4O3S2/c1-25(2)31(27,28)19-11-6-10-18(14-19)16-30-22-24-23-21(20-12-7-13-29-20)26(22)15-17-8-4-3-5-9-17/h3-14H,15-16H2,1-2H3. The zero-order chi connectivity index (χ0) is 21.8. The molecule has 0 unspecified atom stereocenters. The maximum Gasteiger partial charge on any atom is 0.242 e. The van der Waals surface area contributed by atoms with Gasteiger partial charge >= 0.3 is 0 Å². The molecule has 0 amide bonds. The summed E-state index contributed by atoms with van der Waals surface area (Å²) < 4.78 is 33.6. The number of benzene rings is 2. The monoisotopic (exact) mass is 454 g/mol. The second-order valence-corrected chi connectivity index (χ2v) is 10.2. The van der Waals surface area contributed by atoms with Gasteiger partial charge in [0.2, 0.25) is 15.8 Å². The summed E-state index contributed by atoms with van der Waals surface area (Å²) in [4.78, 5) is 0.276. The molecule has 9 heteroatoms. The Kier molecular flexibility index (Phi) is 6.26. The molecule has 2 aromatic carbocycles. The molecule has 31 heavy (non-hydrogen) atoms. The van der Waals surface area contributed by atoms with E-state index in [9.17, 15) is 8.42 Å². The topological polar surface area (TPSA) is 81.2 Å². The van der Waals surface area contributed by atoms with Gasteiger partial charge in [0.15, 0.2) is 10.9 Å². The van der Waals surface area contributed by atoms with Gasteiger partial charge in [-0.2, -0.15) is 0 Å². The van der Waals surface area contributed by atoms with E-state index in [1.807, 2.05) is 41.0 Å². The van der Waals surface area contributed by atoms with Crippen LogP contribution in [-0.4, -0.2) is 41.6 Å². The molecular weight excluding hydrogens is 432 g/mol. The Morgan fingerprint density at radius 2 is 1.74 bits per heavy atom. The van der Waals surface area contributed by atoms with Crippen LogP contribution in [0.3, 0.4) is 0 Å². The maximum absolute atomic E-state index is 12.4. The van der Waals surface area contributed by atoms with Crippen LogP contribution in [0.15, 0.2) is 87.5 Å². The van der Waals surface area contributed by atoms with Gasteiger partial charge in [0.25, 0.3) is 0 Å². The summed E-state index contributed by atoms with van der Waals surface area (Å²) >= 11 is 1.50. The first-order valence-corrected chi connectivity index (χ1v) is 12.0. The number of rotatable bonds is 8. The van der Waals surface area contributed by atoms with E-state index in [1.54, 1.807) is 24.5 Å². The van der Waals surface area contributed by atoms with E-state index in [1.165, 1.54) is 30.2 Å². The van der Waals surface area contributed by atoms with Gasteiger partial charge in [0.1, 0.15) is 0 Å². The normalized spacial score (nSPS) is 11.8.